The molecule has 2 N–H and O–H groups in total. The number of benzene rings is 1. The van der Waals surface area contributed by atoms with E-state index in [9.17, 15) is 4.79 Å². The molecule has 1 heterocycles. The van der Waals surface area contributed by atoms with E-state index in [-0.39, 0.29) is 31.0 Å². The number of hydrogen-bond acceptors (Lipinski definition) is 3. The predicted molar refractivity (Wildman–Crippen MR) is 87.4 cm³/mol. The summed E-state index contributed by atoms with van der Waals surface area (Å²) in [5.74, 6) is 0.798. The van der Waals surface area contributed by atoms with Gasteiger partial charge in [-0.2, -0.15) is 0 Å². The minimum atomic E-state index is -0.0312. The molecule has 0 radical (unpaired) electrons. The standard InChI is InChI=1S/C16H24N2O2.ClH/c1-11-8-12(2)16(13(3)9-11)20-10-15(19)18-14-4-6-17-7-5-14;/h8-9,14,17H,4-7,10H2,1-3H3,(H,18,19);1H. The summed E-state index contributed by atoms with van der Waals surface area (Å²) in [5.41, 5.74) is 3.38. The van der Waals surface area contributed by atoms with Gasteiger partial charge < -0.3 is 15.4 Å². The fourth-order valence-corrected chi connectivity index (χ4v) is 2.77. The number of hydrogen-bond donors (Lipinski definition) is 2. The zero-order valence-corrected chi connectivity index (χ0v) is 13.8. The molecule has 0 aromatic heterocycles. The van der Waals surface area contributed by atoms with Gasteiger partial charge in [0.05, 0.1) is 0 Å². The maximum atomic E-state index is 11.9. The minimum absolute atomic E-state index is 0. The number of halogens is 1. The topological polar surface area (TPSA) is 50.4 Å². The van der Waals surface area contributed by atoms with Crippen LogP contribution in [0.25, 0.3) is 0 Å². The molecule has 1 aliphatic heterocycles. The highest BCUT2D eigenvalue weighted by Gasteiger charge is 2.16. The highest BCUT2D eigenvalue weighted by molar-refractivity contribution is 5.85. The van der Waals surface area contributed by atoms with E-state index in [1.54, 1.807) is 0 Å². The van der Waals surface area contributed by atoms with E-state index >= 15 is 0 Å². The third-order valence-corrected chi connectivity index (χ3v) is 3.66. The number of aryl methyl sites for hydroxylation is 3. The van der Waals surface area contributed by atoms with Gasteiger partial charge in [-0.3, -0.25) is 4.79 Å². The van der Waals surface area contributed by atoms with Crippen LogP contribution in [0.15, 0.2) is 12.1 Å². The molecule has 0 spiro atoms. The second-order valence-electron chi connectivity index (χ2n) is 5.61. The molecule has 4 nitrogen and oxygen atoms in total. The van der Waals surface area contributed by atoms with Crippen LogP contribution in [0.5, 0.6) is 5.75 Å². The molecular weight excluding hydrogens is 288 g/mol. The second kappa shape index (κ2) is 8.25. The van der Waals surface area contributed by atoms with Crippen molar-refractivity contribution in [2.24, 2.45) is 0 Å². The van der Waals surface area contributed by atoms with Gasteiger partial charge in [0.1, 0.15) is 5.75 Å². The van der Waals surface area contributed by atoms with Gasteiger partial charge in [-0.1, -0.05) is 17.7 Å². The van der Waals surface area contributed by atoms with Crippen molar-refractivity contribution in [3.8, 4) is 5.75 Å². The van der Waals surface area contributed by atoms with Crippen LogP contribution in [0.1, 0.15) is 29.5 Å². The van der Waals surface area contributed by atoms with Crippen LogP contribution in [0, 0.1) is 20.8 Å². The Morgan fingerprint density at radius 1 is 1.24 bits per heavy atom. The van der Waals surface area contributed by atoms with Crippen LogP contribution in [0.2, 0.25) is 0 Å². The van der Waals surface area contributed by atoms with Gasteiger partial charge in [-0.15, -0.1) is 12.4 Å². The predicted octanol–water partition coefficient (Wildman–Crippen LogP) is 2.28. The first-order valence-electron chi connectivity index (χ1n) is 7.27. The molecule has 0 unspecified atom stereocenters. The molecule has 1 amide bonds. The Kier molecular flexibility index (Phi) is 6.99. The molecule has 2 rings (SSSR count). The lowest BCUT2D eigenvalue weighted by Crippen LogP contribution is -2.44. The van der Waals surface area contributed by atoms with Gasteiger partial charge in [0.2, 0.25) is 0 Å². The van der Waals surface area contributed by atoms with Crippen LogP contribution in [-0.4, -0.2) is 31.6 Å². The van der Waals surface area contributed by atoms with Crippen molar-refractivity contribution in [3.05, 3.63) is 28.8 Å². The maximum Gasteiger partial charge on any atom is 0.258 e. The smallest absolute Gasteiger partial charge is 0.258 e. The summed E-state index contributed by atoms with van der Waals surface area (Å²) in [4.78, 5) is 11.9. The first-order valence-corrected chi connectivity index (χ1v) is 7.27. The molecule has 5 heteroatoms. The Labute approximate surface area is 133 Å². The van der Waals surface area contributed by atoms with E-state index in [4.69, 9.17) is 4.74 Å². The molecule has 1 aliphatic rings. The summed E-state index contributed by atoms with van der Waals surface area (Å²) in [7, 11) is 0. The van der Waals surface area contributed by atoms with E-state index in [0.717, 1.165) is 42.8 Å². The van der Waals surface area contributed by atoms with Crippen LogP contribution in [0.4, 0.5) is 0 Å². The van der Waals surface area contributed by atoms with Crippen molar-refractivity contribution in [1.82, 2.24) is 10.6 Å². The third-order valence-electron chi connectivity index (χ3n) is 3.66. The van der Waals surface area contributed by atoms with Crippen molar-refractivity contribution in [3.63, 3.8) is 0 Å². The van der Waals surface area contributed by atoms with Crippen molar-refractivity contribution < 1.29 is 9.53 Å². The fourth-order valence-electron chi connectivity index (χ4n) is 2.77. The van der Waals surface area contributed by atoms with Crippen LogP contribution < -0.4 is 15.4 Å². The first-order chi connectivity index (χ1) is 9.56. The Hall–Kier alpha value is -1.26. The lowest BCUT2D eigenvalue weighted by Gasteiger charge is -2.23. The summed E-state index contributed by atoms with van der Waals surface area (Å²) in [5, 5.41) is 6.32. The molecule has 21 heavy (non-hydrogen) atoms. The molecule has 1 aromatic carbocycles. The Bertz CT molecular complexity index is 462. The largest absolute Gasteiger partial charge is 0.483 e. The average molecular weight is 313 g/mol. The zero-order chi connectivity index (χ0) is 14.5. The van der Waals surface area contributed by atoms with E-state index < -0.39 is 0 Å². The number of ether oxygens (including phenoxy) is 1. The van der Waals surface area contributed by atoms with E-state index in [0.29, 0.717) is 0 Å². The van der Waals surface area contributed by atoms with E-state index in [1.807, 2.05) is 13.8 Å². The molecule has 1 saturated heterocycles. The average Bonchev–Trinajstić information content (AvgIpc) is 2.38. The molecule has 0 bridgehead atoms. The minimum Gasteiger partial charge on any atom is -0.483 e. The van der Waals surface area contributed by atoms with E-state index in [2.05, 4.69) is 29.7 Å². The molecule has 118 valence electrons. The SMILES string of the molecule is Cc1cc(C)c(OCC(=O)NC2CCNCC2)c(C)c1.Cl. The summed E-state index contributed by atoms with van der Waals surface area (Å²) in [6.07, 6.45) is 1.99. The van der Waals surface area contributed by atoms with Crippen LogP contribution in [0.3, 0.4) is 0 Å². The van der Waals surface area contributed by atoms with Crippen LogP contribution in [-0.2, 0) is 4.79 Å². The highest BCUT2D eigenvalue weighted by atomic mass is 35.5. The number of nitrogens with one attached hydrogen (secondary N) is 2. The molecule has 0 saturated carbocycles. The molecular formula is C16H25ClN2O2. The lowest BCUT2D eigenvalue weighted by atomic mass is 10.1. The number of carbonyl (C=O) groups excluding carboxylic acids is 1. The number of carbonyl (C=O) groups is 1. The van der Waals surface area contributed by atoms with E-state index in [1.165, 1.54) is 5.56 Å². The summed E-state index contributed by atoms with van der Waals surface area (Å²) in [6.45, 7) is 8.13. The van der Waals surface area contributed by atoms with Crippen LogP contribution >= 0.6 is 12.4 Å². The number of rotatable bonds is 4. The maximum absolute atomic E-state index is 11.9. The fraction of sp³-hybridized carbons (Fsp3) is 0.562. The molecule has 1 aromatic rings. The Morgan fingerprint density at radius 3 is 2.38 bits per heavy atom. The van der Waals surface area contributed by atoms with Crippen molar-refractivity contribution in [1.29, 1.82) is 0 Å². The third kappa shape index (κ3) is 5.21. The van der Waals surface area contributed by atoms with Crippen molar-refractivity contribution in [2.75, 3.05) is 19.7 Å². The lowest BCUT2D eigenvalue weighted by molar-refractivity contribution is -0.124. The van der Waals surface area contributed by atoms with Gasteiger partial charge in [-0.25, -0.2) is 0 Å². The highest BCUT2D eigenvalue weighted by Crippen LogP contribution is 2.24. The summed E-state index contributed by atoms with van der Waals surface area (Å²) in [6, 6.07) is 4.44. The van der Waals surface area contributed by atoms with Crippen molar-refractivity contribution >= 4 is 18.3 Å². The number of amides is 1. The summed E-state index contributed by atoms with van der Waals surface area (Å²) < 4.78 is 5.70. The molecule has 0 aliphatic carbocycles. The summed E-state index contributed by atoms with van der Waals surface area (Å²) >= 11 is 0. The first kappa shape index (κ1) is 17.8. The molecule has 1 fully saturated rings. The Morgan fingerprint density at radius 2 is 1.81 bits per heavy atom. The quantitative estimate of drug-likeness (QED) is 0.897. The van der Waals surface area contributed by atoms with Gasteiger partial charge in [0.15, 0.2) is 6.61 Å². The second-order valence-corrected chi connectivity index (χ2v) is 5.61. The monoisotopic (exact) mass is 312 g/mol. The van der Waals surface area contributed by atoms with Gasteiger partial charge in [-0.05, 0) is 57.8 Å². The van der Waals surface area contributed by atoms with Gasteiger partial charge >= 0.3 is 0 Å². The van der Waals surface area contributed by atoms with Gasteiger partial charge in [0.25, 0.3) is 5.91 Å². The number of piperidine rings is 1. The normalized spacial score (nSPS) is 15.2. The van der Waals surface area contributed by atoms with Crippen molar-refractivity contribution in [2.45, 2.75) is 39.7 Å². The zero-order valence-electron chi connectivity index (χ0n) is 13.0. The van der Waals surface area contributed by atoms with Gasteiger partial charge in [0, 0.05) is 6.04 Å². The molecule has 0 atom stereocenters. The Balaban J connectivity index is 0.00000220.